The number of aromatic nitrogens is 3. The highest BCUT2D eigenvalue weighted by atomic mass is 32.2. The van der Waals surface area contributed by atoms with Gasteiger partial charge in [0.25, 0.3) is 5.56 Å². The van der Waals surface area contributed by atoms with Crippen molar-refractivity contribution >= 4 is 56.1 Å². The van der Waals surface area contributed by atoms with Crippen molar-refractivity contribution < 1.29 is 14.3 Å². The van der Waals surface area contributed by atoms with Crippen LogP contribution in [0.3, 0.4) is 0 Å². The zero-order valence-electron chi connectivity index (χ0n) is 23.7. The van der Waals surface area contributed by atoms with E-state index in [4.69, 9.17) is 14.5 Å². The van der Waals surface area contributed by atoms with Gasteiger partial charge in [0.15, 0.2) is 0 Å². The maximum Gasteiger partial charge on any atom is 0.280 e. The van der Waals surface area contributed by atoms with E-state index < -0.39 is 0 Å². The molecule has 42 heavy (non-hydrogen) atoms. The first-order chi connectivity index (χ1) is 20.7. The third-order valence-corrected chi connectivity index (χ3v) is 7.49. The summed E-state index contributed by atoms with van der Waals surface area (Å²) >= 11 is 1.67. The molecule has 218 valence electrons. The van der Waals surface area contributed by atoms with Gasteiger partial charge >= 0.3 is 0 Å². The Morgan fingerprint density at radius 3 is 2.12 bits per heavy atom. The normalized spacial score (nSPS) is 11.4. The number of hydrogen-bond acceptors (Lipinski definition) is 8. The maximum atomic E-state index is 12.7. The molecule has 0 saturated heterocycles. The van der Waals surface area contributed by atoms with Crippen molar-refractivity contribution in [2.45, 2.75) is 13.0 Å². The molecular formula is C32H35N5O4S. The second kappa shape index (κ2) is 14.8. The summed E-state index contributed by atoms with van der Waals surface area (Å²) in [5.41, 5.74) is 3.44. The maximum absolute atomic E-state index is 12.7. The summed E-state index contributed by atoms with van der Waals surface area (Å²) in [5.74, 6) is 1.28. The number of benzene rings is 3. The Kier molecular flexibility index (Phi) is 10.4. The molecular weight excluding hydrogens is 550 g/mol. The predicted octanol–water partition coefficient (Wildman–Crippen LogP) is 4.26. The largest absolute Gasteiger partial charge is 0.382 e. The van der Waals surface area contributed by atoms with E-state index in [2.05, 4.69) is 27.8 Å². The highest BCUT2D eigenvalue weighted by Crippen LogP contribution is 2.30. The Labute approximate surface area is 248 Å². The van der Waals surface area contributed by atoms with E-state index in [-0.39, 0.29) is 18.0 Å². The highest BCUT2D eigenvalue weighted by molar-refractivity contribution is 7.98. The van der Waals surface area contributed by atoms with Gasteiger partial charge in [-0.25, -0.2) is 4.98 Å². The number of para-hydroxylation sites is 3. The molecule has 0 unspecified atom stereocenters. The van der Waals surface area contributed by atoms with Gasteiger partial charge in [0.05, 0.1) is 54.1 Å². The number of nitrogens with zero attached hydrogens (tertiary/aromatic N) is 3. The number of rotatable bonds is 15. The summed E-state index contributed by atoms with van der Waals surface area (Å²) in [7, 11) is 0. The third kappa shape index (κ3) is 7.25. The lowest BCUT2D eigenvalue weighted by Gasteiger charge is -2.15. The molecule has 3 aromatic carbocycles. The van der Waals surface area contributed by atoms with Gasteiger partial charge in [-0.2, -0.15) is 16.7 Å². The van der Waals surface area contributed by atoms with Gasteiger partial charge in [-0.1, -0.05) is 48.5 Å². The fourth-order valence-electron chi connectivity index (χ4n) is 4.89. The van der Waals surface area contributed by atoms with Crippen LogP contribution in [0, 0.1) is 0 Å². The lowest BCUT2D eigenvalue weighted by molar-refractivity contribution is -0.121. The SMILES string of the molecule is CSCCc1nc(=O)c2ccccc2n1CC(=O)NCCOCCOCCNc1c2ccccc2nc2ccccc12. The molecule has 10 heteroatoms. The topological polar surface area (TPSA) is 107 Å². The van der Waals surface area contributed by atoms with Crippen LogP contribution in [-0.4, -0.2) is 72.0 Å². The van der Waals surface area contributed by atoms with Crippen LogP contribution >= 0.6 is 11.8 Å². The molecule has 5 aromatic rings. The van der Waals surface area contributed by atoms with Crippen LogP contribution in [0.2, 0.25) is 0 Å². The summed E-state index contributed by atoms with van der Waals surface area (Å²) in [6, 6.07) is 23.5. The van der Waals surface area contributed by atoms with E-state index in [0.29, 0.717) is 57.1 Å². The molecule has 0 spiro atoms. The Bertz CT molecular complexity index is 1670. The van der Waals surface area contributed by atoms with Crippen molar-refractivity contribution in [2.24, 2.45) is 0 Å². The van der Waals surface area contributed by atoms with E-state index in [1.807, 2.05) is 59.4 Å². The Balaban J connectivity index is 1.02. The van der Waals surface area contributed by atoms with E-state index in [9.17, 15) is 9.59 Å². The smallest absolute Gasteiger partial charge is 0.280 e. The molecule has 0 aliphatic rings. The first kappa shape index (κ1) is 29.5. The van der Waals surface area contributed by atoms with Gasteiger partial charge in [-0.05, 0) is 30.5 Å². The number of thioether (sulfide) groups is 1. The number of carbonyl (C=O) groups excluding carboxylic acids is 1. The van der Waals surface area contributed by atoms with E-state index in [1.54, 1.807) is 23.9 Å². The van der Waals surface area contributed by atoms with E-state index >= 15 is 0 Å². The molecule has 0 aliphatic heterocycles. The van der Waals surface area contributed by atoms with Crippen LogP contribution in [0.1, 0.15) is 5.82 Å². The summed E-state index contributed by atoms with van der Waals surface area (Å²) < 4.78 is 13.2. The van der Waals surface area contributed by atoms with Crippen LogP contribution < -0.4 is 16.2 Å². The van der Waals surface area contributed by atoms with E-state index in [0.717, 1.165) is 38.8 Å². The van der Waals surface area contributed by atoms with Gasteiger partial charge in [0.1, 0.15) is 12.4 Å². The number of fused-ring (bicyclic) bond motifs is 3. The summed E-state index contributed by atoms with van der Waals surface area (Å²) in [4.78, 5) is 34.2. The Morgan fingerprint density at radius 2 is 1.43 bits per heavy atom. The van der Waals surface area contributed by atoms with Gasteiger partial charge in [0.2, 0.25) is 5.91 Å². The summed E-state index contributed by atoms with van der Waals surface area (Å²) in [5, 5.41) is 9.11. The quantitative estimate of drug-likeness (QED) is 0.139. The van der Waals surface area contributed by atoms with Gasteiger partial charge in [-0.3, -0.25) is 9.59 Å². The minimum Gasteiger partial charge on any atom is -0.382 e. The number of carbonyl (C=O) groups is 1. The molecule has 2 N–H and O–H groups in total. The van der Waals surface area contributed by atoms with Crippen LogP contribution in [0.15, 0.2) is 77.6 Å². The molecule has 5 rings (SSSR count). The van der Waals surface area contributed by atoms with Crippen molar-refractivity contribution in [3.63, 3.8) is 0 Å². The fourth-order valence-corrected chi connectivity index (χ4v) is 5.28. The Morgan fingerprint density at radius 1 is 0.810 bits per heavy atom. The van der Waals surface area contributed by atoms with Gasteiger partial charge in [0, 0.05) is 36.0 Å². The van der Waals surface area contributed by atoms with Gasteiger partial charge in [-0.15, -0.1) is 0 Å². The lowest BCUT2D eigenvalue weighted by Crippen LogP contribution is -2.33. The highest BCUT2D eigenvalue weighted by Gasteiger charge is 2.13. The molecule has 2 heterocycles. The number of pyridine rings is 1. The zero-order valence-corrected chi connectivity index (χ0v) is 24.5. The molecule has 2 aromatic heterocycles. The van der Waals surface area contributed by atoms with Gasteiger partial charge < -0.3 is 24.7 Å². The molecule has 0 radical (unpaired) electrons. The summed E-state index contributed by atoms with van der Waals surface area (Å²) in [6.07, 6.45) is 2.62. The van der Waals surface area contributed by atoms with Crippen molar-refractivity contribution in [3.8, 4) is 0 Å². The zero-order chi connectivity index (χ0) is 29.1. The molecule has 0 saturated carbocycles. The average Bonchev–Trinajstić information content (AvgIpc) is 3.02. The number of anilines is 1. The molecule has 0 atom stereocenters. The monoisotopic (exact) mass is 585 g/mol. The minimum atomic E-state index is -0.260. The number of aryl methyl sites for hydroxylation is 1. The van der Waals surface area contributed by atoms with Crippen LogP contribution in [-0.2, 0) is 27.2 Å². The lowest BCUT2D eigenvalue weighted by atomic mass is 10.1. The van der Waals surface area contributed by atoms with Crippen LogP contribution in [0.25, 0.3) is 32.7 Å². The molecule has 9 nitrogen and oxygen atoms in total. The predicted molar refractivity (Wildman–Crippen MR) is 170 cm³/mol. The first-order valence-electron chi connectivity index (χ1n) is 14.1. The first-order valence-corrected chi connectivity index (χ1v) is 15.5. The van der Waals surface area contributed by atoms with E-state index in [1.165, 1.54) is 0 Å². The average molecular weight is 586 g/mol. The van der Waals surface area contributed by atoms with Crippen molar-refractivity contribution in [3.05, 3.63) is 89.0 Å². The molecule has 0 bridgehead atoms. The number of amides is 1. The molecule has 0 aliphatic carbocycles. The second-order valence-electron chi connectivity index (χ2n) is 9.70. The minimum absolute atomic E-state index is 0.0929. The Hall–Kier alpha value is -3.99. The van der Waals surface area contributed by atoms with Crippen molar-refractivity contribution in [2.75, 3.05) is 56.8 Å². The fraction of sp³-hybridized carbons (Fsp3) is 0.312. The van der Waals surface area contributed by atoms with Crippen molar-refractivity contribution in [1.82, 2.24) is 19.9 Å². The molecule has 0 fully saturated rings. The van der Waals surface area contributed by atoms with Crippen LogP contribution in [0.4, 0.5) is 5.69 Å². The van der Waals surface area contributed by atoms with Crippen LogP contribution in [0.5, 0.6) is 0 Å². The third-order valence-electron chi connectivity index (χ3n) is 6.88. The number of nitrogens with one attached hydrogen (secondary N) is 2. The summed E-state index contributed by atoms with van der Waals surface area (Å²) in [6.45, 7) is 2.94. The molecule has 1 amide bonds. The van der Waals surface area contributed by atoms with Crippen molar-refractivity contribution in [1.29, 1.82) is 0 Å². The standard InChI is InChI=1S/C32H35N5O4S/c1-42-21-14-29-36-32(39)25-10-4-7-13-28(25)37(29)22-30(38)33-15-17-40-19-20-41-18-16-34-31-23-8-2-5-11-26(23)35-27-12-6-3-9-24(27)31/h2-13H,14-22H2,1H3,(H,33,38)(H,34,35). The number of hydrogen-bond donors (Lipinski definition) is 2. The number of ether oxygens (including phenoxy) is 2. The second-order valence-corrected chi connectivity index (χ2v) is 10.7.